The Bertz CT molecular complexity index is 766. The summed E-state index contributed by atoms with van der Waals surface area (Å²) in [6.07, 6.45) is 1.30. The normalized spacial score (nSPS) is 52.5. The monoisotopic (exact) mass is 334 g/mol. The third-order valence-electron chi connectivity index (χ3n) is 7.10. The minimum atomic E-state index is -3.62. The Morgan fingerprint density at radius 3 is 2.55 bits per heavy atom. The molecule has 1 aliphatic heterocycles. The molecule has 0 amide bonds. The van der Waals surface area contributed by atoms with E-state index in [0.29, 0.717) is 27.2 Å². The average molecular weight is 334 g/mol. The fourth-order valence-electron chi connectivity index (χ4n) is 6.51. The third kappa shape index (κ3) is 1.27. The van der Waals surface area contributed by atoms with Gasteiger partial charge in [0.25, 0.3) is 10.1 Å². The summed E-state index contributed by atoms with van der Waals surface area (Å²) in [5, 5.41) is 1.38. The quantitative estimate of drug-likeness (QED) is 0.797. The van der Waals surface area contributed by atoms with E-state index in [4.69, 9.17) is 4.18 Å². The van der Waals surface area contributed by atoms with Gasteiger partial charge >= 0.3 is 0 Å². The van der Waals surface area contributed by atoms with Crippen molar-refractivity contribution in [2.75, 3.05) is 0 Å². The van der Waals surface area contributed by atoms with Crippen molar-refractivity contribution in [3.05, 3.63) is 29.8 Å². The average Bonchev–Trinajstić information content (AvgIpc) is 2.98. The number of rotatable bonds is 3. The highest BCUT2D eigenvalue weighted by molar-refractivity contribution is 8.01. The van der Waals surface area contributed by atoms with Crippen molar-refractivity contribution in [2.24, 2.45) is 35.5 Å². The maximum absolute atomic E-state index is 12.7. The highest BCUT2D eigenvalue weighted by atomic mass is 32.2. The summed E-state index contributed by atoms with van der Waals surface area (Å²) >= 11 is 2.16. The molecule has 5 heteroatoms. The molecule has 5 fully saturated rings. The van der Waals surface area contributed by atoms with E-state index >= 15 is 0 Å². The maximum Gasteiger partial charge on any atom is 0.297 e. The third-order valence-corrected chi connectivity index (χ3v) is 10.3. The summed E-state index contributed by atoms with van der Waals surface area (Å²) in [5.74, 6) is 4.33. The van der Waals surface area contributed by atoms with Crippen molar-refractivity contribution in [3.8, 4) is 0 Å². The van der Waals surface area contributed by atoms with Gasteiger partial charge in [0.1, 0.15) is 0 Å². The summed E-state index contributed by atoms with van der Waals surface area (Å²) in [4.78, 5) is 0.309. The van der Waals surface area contributed by atoms with E-state index < -0.39 is 10.1 Å². The van der Waals surface area contributed by atoms with Gasteiger partial charge < -0.3 is 0 Å². The maximum atomic E-state index is 12.7. The Morgan fingerprint density at radius 1 is 1.00 bits per heavy atom. The zero-order chi connectivity index (χ0) is 14.8. The number of hydrogen-bond donors (Lipinski definition) is 0. The number of thioether (sulfide) groups is 1. The fourth-order valence-corrected chi connectivity index (χ4v) is 10.1. The second-order valence-corrected chi connectivity index (χ2v) is 10.7. The number of aryl methyl sites for hydroxylation is 1. The van der Waals surface area contributed by atoms with E-state index in [-0.39, 0.29) is 6.10 Å². The zero-order valence-corrected chi connectivity index (χ0v) is 13.9. The molecule has 1 aromatic carbocycles. The molecule has 116 valence electrons. The van der Waals surface area contributed by atoms with Crippen LogP contribution in [0, 0.1) is 42.4 Å². The molecule has 4 saturated carbocycles. The van der Waals surface area contributed by atoms with Gasteiger partial charge in [0.2, 0.25) is 0 Å². The highest BCUT2D eigenvalue weighted by Gasteiger charge is 2.82. The molecule has 0 N–H and O–H groups in total. The van der Waals surface area contributed by atoms with E-state index in [2.05, 4.69) is 11.8 Å². The Morgan fingerprint density at radius 2 is 1.77 bits per heavy atom. The van der Waals surface area contributed by atoms with Crippen LogP contribution in [0.2, 0.25) is 0 Å². The number of fused-ring (bicyclic) bond motifs is 2. The van der Waals surface area contributed by atoms with Crippen LogP contribution in [0.1, 0.15) is 12.0 Å². The molecule has 1 saturated heterocycles. The molecule has 0 aromatic heterocycles. The Hall–Kier alpha value is -0.520. The van der Waals surface area contributed by atoms with Crippen LogP contribution < -0.4 is 0 Å². The summed E-state index contributed by atoms with van der Waals surface area (Å²) in [5.41, 5.74) is 1.07. The predicted octanol–water partition coefficient (Wildman–Crippen LogP) is 2.69. The Balaban J connectivity index is 1.35. The van der Waals surface area contributed by atoms with Crippen LogP contribution in [0.25, 0.3) is 0 Å². The minimum absolute atomic E-state index is 0.0405. The smallest absolute Gasteiger partial charge is 0.262 e. The van der Waals surface area contributed by atoms with Gasteiger partial charge in [-0.25, -0.2) is 0 Å². The standard InChI is InChI=1S/C17H18O3S2/c1-7-2-4-8(5-3-7)22(18,19)20-15-13-9-6-10-12-11(9)14(15)17(12)21-16(10)13/h2-5,9-17H,6H2,1H3/t9-,10+,11-,12+,13-,14+,15-,16+,17-/m1/s1. The van der Waals surface area contributed by atoms with Gasteiger partial charge in [-0.05, 0) is 49.1 Å². The summed E-state index contributed by atoms with van der Waals surface area (Å²) in [6, 6.07) is 7.02. The molecule has 9 atom stereocenters. The molecule has 5 aliphatic rings. The van der Waals surface area contributed by atoms with Crippen LogP contribution in [0.4, 0.5) is 0 Å². The molecule has 4 aliphatic carbocycles. The Kier molecular flexibility index (Phi) is 2.19. The molecule has 1 aromatic rings. The largest absolute Gasteiger partial charge is 0.297 e. The van der Waals surface area contributed by atoms with Crippen molar-refractivity contribution in [3.63, 3.8) is 0 Å². The lowest BCUT2D eigenvalue weighted by atomic mass is 9.64. The molecule has 2 bridgehead atoms. The lowest BCUT2D eigenvalue weighted by molar-refractivity contribution is 0.0487. The van der Waals surface area contributed by atoms with Crippen molar-refractivity contribution in [1.82, 2.24) is 0 Å². The van der Waals surface area contributed by atoms with Gasteiger partial charge in [-0.15, -0.1) is 0 Å². The fraction of sp³-hybridized carbons (Fsp3) is 0.647. The second-order valence-electron chi connectivity index (χ2n) is 7.77. The van der Waals surface area contributed by atoms with Crippen molar-refractivity contribution in [2.45, 2.75) is 34.8 Å². The molecule has 0 spiro atoms. The minimum Gasteiger partial charge on any atom is -0.262 e. The van der Waals surface area contributed by atoms with E-state index in [1.54, 1.807) is 12.1 Å². The van der Waals surface area contributed by atoms with E-state index in [1.165, 1.54) is 6.42 Å². The SMILES string of the molecule is Cc1ccc(S(=O)(=O)O[C@@H]2[C@H]3[C@@H]4C[C@@H]5[C@@H]3S[C@@H]3[C@@H]5[C@@H]4[C@@H]23)cc1. The van der Waals surface area contributed by atoms with Gasteiger partial charge in [0.05, 0.1) is 11.0 Å². The molecule has 3 nitrogen and oxygen atoms in total. The van der Waals surface area contributed by atoms with Gasteiger partial charge in [-0.1, -0.05) is 17.7 Å². The highest BCUT2D eigenvalue weighted by Crippen LogP contribution is 2.82. The van der Waals surface area contributed by atoms with Gasteiger partial charge in [-0.2, -0.15) is 20.2 Å². The van der Waals surface area contributed by atoms with Crippen LogP contribution in [0.3, 0.4) is 0 Å². The molecule has 0 radical (unpaired) electrons. The van der Waals surface area contributed by atoms with E-state index in [0.717, 1.165) is 29.2 Å². The molecule has 0 unspecified atom stereocenters. The second kappa shape index (κ2) is 3.76. The molecule has 6 rings (SSSR count). The van der Waals surface area contributed by atoms with Crippen molar-refractivity contribution >= 4 is 21.9 Å². The summed E-state index contributed by atoms with van der Waals surface area (Å²) < 4.78 is 31.2. The Labute approximate surface area is 134 Å². The van der Waals surface area contributed by atoms with Crippen LogP contribution in [-0.2, 0) is 14.3 Å². The van der Waals surface area contributed by atoms with Gasteiger partial charge in [0.15, 0.2) is 0 Å². The van der Waals surface area contributed by atoms with Crippen molar-refractivity contribution < 1.29 is 12.6 Å². The summed E-state index contributed by atoms with van der Waals surface area (Å²) in [7, 11) is -3.62. The lowest BCUT2D eigenvalue weighted by Crippen LogP contribution is -2.49. The van der Waals surface area contributed by atoms with E-state index in [9.17, 15) is 8.42 Å². The zero-order valence-electron chi connectivity index (χ0n) is 12.3. The first-order valence-electron chi connectivity index (χ1n) is 8.22. The molecular formula is C17H18O3S2. The molecule has 22 heavy (non-hydrogen) atoms. The first kappa shape index (κ1) is 12.8. The van der Waals surface area contributed by atoms with Gasteiger partial charge in [0, 0.05) is 22.3 Å². The lowest BCUT2D eigenvalue weighted by Gasteiger charge is -2.46. The number of hydrogen-bond acceptors (Lipinski definition) is 4. The van der Waals surface area contributed by atoms with E-state index in [1.807, 2.05) is 19.1 Å². The molecular weight excluding hydrogens is 316 g/mol. The predicted molar refractivity (Wildman–Crippen MR) is 84.0 cm³/mol. The summed E-state index contributed by atoms with van der Waals surface area (Å²) in [6.45, 7) is 1.96. The van der Waals surface area contributed by atoms with Crippen LogP contribution in [-0.4, -0.2) is 25.0 Å². The van der Waals surface area contributed by atoms with Crippen molar-refractivity contribution in [1.29, 1.82) is 0 Å². The topological polar surface area (TPSA) is 43.4 Å². The van der Waals surface area contributed by atoms with Crippen LogP contribution in [0.5, 0.6) is 0 Å². The number of benzene rings is 1. The first-order valence-corrected chi connectivity index (χ1v) is 10.6. The van der Waals surface area contributed by atoms with Crippen LogP contribution in [0.15, 0.2) is 29.2 Å². The molecule has 1 heterocycles. The first-order chi connectivity index (χ1) is 10.6. The van der Waals surface area contributed by atoms with Crippen LogP contribution >= 0.6 is 11.8 Å². The van der Waals surface area contributed by atoms with Gasteiger partial charge in [-0.3, -0.25) is 4.18 Å².